The fraction of sp³-hybridized carbons (Fsp3) is 0.667. The Morgan fingerprint density at radius 2 is 2.33 bits per heavy atom. The Balaban J connectivity index is 2.53. The minimum Gasteiger partial charge on any atom is -0.306 e. The maximum atomic E-state index is 10.8. The number of carbonyl (C=O) groups excluding carboxylic acids is 1. The third-order valence-corrected chi connectivity index (χ3v) is 2.61. The van der Waals surface area contributed by atoms with E-state index >= 15 is 0 Å². The lowest BCUT2D eigenvalue weighted by atomic mass is 9.95. The number of halogens is 1. The molecule has 0 saturated carbocycles. The van der Waals surface area contributed by atoms with Crippen LogP contribution in [0.15, 0.2) is 11.6 Å². The summed E-state index contributed by atoms with van der Waals surface area (Å²) in [5.74, 6) is 0. The standard InChI is InChI=1S/C9H14ClNO/c1-11(2)8-5-3-7(4-6-8)9(10)12/h3,8H,4-6H2,1-2H3. The highest BCUT2D eigenvalue weighted by atomic mass is 35.5. The Labute approximate surface area is 78.2 Å². The molecular formula is C9H14ClNO. The van der Waals surface area contributed by atoms with E-state index in [9.17, 15) is 4.79 Å². The van der Waals surface area contributed by atoms with Crippen LogP contribution in [-0.2, 0) is 4.79 Å². The van der Waals surface area contributed by atoms with Crippen molar-refractivity contribution < 1.29 is 4.79 Å². The summed E-state index contributed by atoms with van der Waals surface area (Å²) in [6.07, 6.45) is 4.77. The van der Waals surface area contributed by atoms with Crippen molar-refractivity contribution in [3.63, 3.8) is 0 Å². The summed E-state index contributed by atoms with van der Waals surface area (Å²) >= 11 is 5.36. The van der Waals surface area contributed by atoms with Crippen LogP contribution in [0.5, 0.6) is 0 Å². The van der Waals surface area contributed by atoms with Gasteiger partial charge in [-0.05, 0) is 45.0 Å². The summed E-state index contributed by atoms with van der Waals surface area (Å²) in [6, 6.07) is 0.574. The smallest absolute Gasteiger partial charge is 0.248 e. The Hall–Kier alpha value is -0.340. The van der Waals surface area contributed by atoms with Gasteiger partial charge in [0.1, 0.15) is 0 Å². The molecule has 0 bridgehead atoms. The van der Waals surface area contributed by atoms with Gasteiger partial charge in [-0.3, -0.25) is 4.79 Å². The first-order chi connectivity index (χ1) is 5.61. The fourth-order valence-electron chi connectivity index (χ4n) is 1.47. The van der Waals surface area contributed by atoms with Gasteiger partial charge in [0.25, 0.3) is 0 Å². The van der Waals surface area contributed by atoms with Crippen LogP contribution in [0.2, 0.25) is 0 Å². The van der Waals surface area contributed by atoms with Gasteiger partial charge in [0, 0.05) is 11.6 Å². The second-order valence-electron chi connectivity index (χ2n) is 3.39. The van der Waals surface area contributed by atoms with E-state index < -0.39 is 0 Å². The predicted octanol–water partition coefficient (Wildman–Crippen LogP) is 1.79. The molecule has 1 atom stereocenters. The molecule has 0 aromatic carbocycles. The van der Waals surface area contributed by atoms with Gasteiger partial charge in [-0.2, -0.15) is 0 Å². The Morgan fingerprint density at radius 1 is 1.67 bits per heavy atom. The Bertz CT molecular complexity index is 211. The zero-order valence-corrected chi connectivity index (χ0v) is 8.27. The summed E-state index contributed by atoms with van der Waals surface area (Å²) in [5, 5.41) is -0.285. The molecule has 0 aromatic heterocycles. The van der Waals surface area contributed by atoms with Crippen LogP contribution >= 0.6 is 11.6 Å². The molecule has 0 N–H and O–H groups in total. The molecular weight excluding hydrogens is 174 g/mol. The van der Waals surface area contributed by atoms with E-state index in [1.54, 1.807) is 0 Å². The molecule has 0 spiro atoms. The van der Waals surface area contributed by atoms with Crippen molar-refractivity contribution in [2.24, 2.45) is 0 Å². The van der Waals surface area contributed by atoms with Crippen LogP contribution in [0.1, 0.15) is 19.3 Å². The highest BCUT2D eigenvalue weighted by Crippen LogP contribution is 2.22. The lowest BCUT2D eigenvalue weighted by Crippen LogP contribution is -2.29. The van der Waals surface area contributed by atoms with Crippen LogP contribution in [0.4, 0.5) is 0 Å². The second kappa shape index (κ2) is 4.06. The summed E-state index contributed by atoms with van der Waals surface area (Å²) in [6.45, 7) is 0. The number of rotatable bonds is 2. The van der Waals surface area contributed by atoms with E-state index in [-0.39, 0.29) is 5.24 Å². The van der Waals surface area contributed by atoms with Crippen molar-refractivity contribution >= 4 is 16.8 Å². The molecule has 3 heteroatoms. The van der Waals surface area contributed by atoms with Gasteiger partial charge in [0.15, 0.2) is 0 Å². The molecule has 0 radical (unpaired) electrons. The van der Waals surface area contributed by atoms with Gasteiger partial charge in [-0.25, -0.2) is 0 Å². The van der Waals surface area contributed by atoms with E-state index in [4.69, 9.17) is 11.6 Å². The van der Waals surface area contributed by atoms with Gasteiger partial charge in [-0.1, -0.05) is 6.08 Å². The monoisotopic (exact) mass is 187 g/mol. The first kappa shape index (κ1) is 9.75. The van der Waals surface area contributed by atoms with Crippen LogP contribution in [0, 0.1) is 0 Å². The average Bonchev–Trinajstić information content (AvgIpc) is 2.04. The van der Waals surface area contributed by atoms with E-state index in [0.29, 0.717) is 6.04 Å². The van der Waals surface area contributed by atoms with Gasteiger partial charge in [-0.15, -0.1) is 0 Å². The summed E-state index contributed by atoms with van der Waals surface area (Å²) < 4.78 is 0. The van der Waals surface area contributed by atoms with Crippen molar-refractivity contribution in [2.75, 3.05) is 14.1 Å². The molecule has 0 fully saturated rings. The highest BCUT2D eigenvalue weighted by molar-refractivity contribution is 6.67. The van der Waals surface area contributed by atoms with Gasteiger partial charge < -0.3 is 4.90 Å². The molecule has 12 heavy (non-hydrogen) atoms. The van der Waals surface area contributed by atoms with Crippen molar-refractivity contribution in [1.82, 2.24) is 4.90 Å². The van der Waals surface area contributed by atoms with Gasteiger partial charge in [0.2, 0.25) is 5.24 Å². The quantitative estimate of drug-likeness (QED) is 0.615. The predicted molar refractivity (Wildman–Crippen MR) is 50.3 cm³/mol. The number of carbonyl (C=O) groups is 1. The van der Waals surface area contributed by atoms with Crippen molar-refractivity contribution in [3.05, 3.63) is 11.6 Å². The van der Waals surface area contributed by atoms with Crippen molar-refractivity contribution in [1.29, 1.82) is 0 Å². The van der Waals surface area contributed by atoms with Crippen molar-refractivity contribution in [3.8, 4) is 0 Å². The number of nitrogens with zero attached hydrogens (tertiary/aromatic N) is 1. The molecule has 0 amide bonds. The first-order valence-electron chi connectivity index (χ1n) is 4.16. The molecule has 0 aromatic rings. The lowest BCUT2D eigenvalue weighted by molar-refractivity contribution is -0.108. The summed E-state index contributed by atoms with van der Waals surface area (Å²) in [5.41, 5.74) is 0.787. The molecule has 1 unspecified atom stereocenters. The summed E-state index contributed by atoms with van der Waals surface area (Å²) in [7, 11) is 4.12. The first-order valence-corrected chi connectivity index (χ1v) is 4.54. The molecule has 0 aliphatic heterocycles. The molecule has 1 rings (SSSR count). The highest BCUT2D eigenvalue weighted by Gasteiger charge is 2.18. The maximum Gasteiger partial charge on any atom is 0.248 e. The molecule has 2 nitrogen and oxygen atoms in total. The SMILES string of the molecule is CN(C)C1CC=C(C(=O)Cl)CC1. The van der Waals surface area contributed by atoms with Crippen LogP contribution in [-0.4, -0.2) is 30.3 Å². The van der Waals surface area contributed by atoms with Crippen molar-refractivity contribution in [2.45, 2.75) is 25.3 Å². The average molecular weight is 188 g/mol. The largest absolute Gasteiger partial charge is 0.306 e. The number of allylic oxidation sites excluding steroid dienone is 1. The molecule has 0 saturated heterocycles. The minimum absolute atomic E-state index is 0.285. The van der Waals surface area contributed by atoms with Gasteiger partial charge in [0.05, 0.1) is 0 Å². The lowest BCUT2D eigenvalue weighted by Gasteiger charge is -2.26. The zero-order valence-electron chi connectivity index (χ0n) is 7.51. The Morgan fingerprint density at radius 3 is 2.67 bits per heavy atom. The van der Waals surface area contributed by atoms with Crippen LogP contribution < -0.4 is 0 Å². The molecule has 1 aliphatic carbocycles. The third-order valence-electron chi connectivity index (χ3n) is 2.37. The fourth-order valence-corrected chi connectivity index (χ4v) is 1.64. The van der Waals surface area contributed by atoms with E-state index in [1.165, 1.54) is 0 Å². The number of hydrogen-bond acceptors (Lipinski definition) is 2. The molecule has 0 heterocycles. The van der Waals surface area contributed by atoms with Crippen LogP contribution in [0.3, 0.4) is 0 Å². The molecule has 68 valence electrons. The Kier molecular flexibility index (Phi) is 3.29. The zero-order chi connectivity index (χ0) is 9.14. The van der Waals surface area contributed by atoms with Crippen LogP contribution in [0.25, 0.3) is 0 Å². The van der Waals surface area contributed by atoms with Gasteiger partial charge >= 0.3 is 0 Å². The van der Waals surface area contributed by atoms with E-state index in [0.717, 1.165) is 24.8 Å². The topological polar surface area (TPSA) is 20.3 Å². The number of hydrogen-bond donors (Lipinski definition) is 0. The van der Waals surface area contributed by atoms with E-state index in [2.05, 4.69) is 19.0 Å². The third kappa shape index (κ3) is 2.32. The van der Waals surface area contributed by atoms with E-state index in [1.807, 2.05) is 6.08 Å². The second-order valence-corrected chi connectivity index (χ2v) is 3.74. The minimum atomic E-state index is -0.285. The summed E-state index contributed by atoms with van der Waals surface area (Å²) in [4.78, 5) is 12.9. The molecule has 1 aliphatic rings. The maximum absolute atomic E-state index is 10.8. The normalized spacial score (nSPS) is 24.0.